The quantitative estimate of drug-likeness (QED) is 0.449. The lowest BCUT2D eigenvalue weighted by molar-refractivity contribution is -0.144. The first-order chi connectivity index (χ1) is 4.09. The van der Waals surface area contributed by atoms with Gasteiger partial charge in [-0.2, -0.15) is 0 Å². The van der Waals surface area contributed by atoms with Crippen molar-refractivity contribution in [2.24, 2.45) is 0 Å². The van der Waals surface area contributed by atoms with Crippen LogP contribution in [0.1, 0.15) is 6.92 Å². The van der Waals surface area contributed by atoms with E-state index in [0.717, 1.165) is 5.54 Å². The van der Waals surface area contributed by atoms with Crippen LogP contribution in [0.25, 0.3) is 0 Å². The Morgan fingerprint density at radius 1 is 1.78 bits per heavy atom. The Hall–Kier alpha value is -0.680. The van der Waals surface area contributed by atoms with Crippen LogP contribution in [0.5, 0.6) is 0 Å². The molecular weight excluding hydrogens is 129 g/mol. The molecule has 0 saturated carbocycles. The predicted molar refractivity (Wildman–Crippen MR) is 27.3 cm³/mol. The van der Waals surface area contributed by atoms with E-state index < -0.39 is 18.1 Å². The monoisotopic (exact) mass is 137 g/mol. The van der Waals surface area contributed by atoms with E-state index in [1.54, 1.807) is 0 Å². The van der Waals surface area contributed by atoms with Gasteiger partial charge in [-0.25, -0.2) is 0 Å². The highest BCUT2D eigenvalue weighted by molar-refractivity contribution is 5.73. The highest BCUT2D eigenvalue weighted by Crippen LogP contribution is 1.91. The number of aliphatic hydroxyl groups excluding tert-OH is 1. The first kappa shape index (κ1) is 8.32. The van der Waals surface area contributed by atoms with Gasteiger partial charge in [0.15, 0.2) is 6.04 Å². The lowest BCUT2D eigenvalue weighted by Crippen LogP contribution is -2.40. The molecule has 3 N–H and O–H groups in total. The summed E-state index contributed by atoms with van der Waals surface area (Å²) in [5.41, 5.74) is 0.951. The van der Waals surface area contributed by atoms with Gasteiger partial charge in [0.2, 0.25) is 0 Å². The van der Waals surface area contributed by atoms with Gasteiger partial charge in [0.05, 0.1) is 6.10 Å². The van der Waals surface area contributed by atoms with E-state index >= 15 is 0 Å². The Bertz CT molecular complexity index is 106. The fourth-order valence-electron chi connectivity index (χ4n) is 0.344. The smallest absolute Gasteiger partial charge is 0.326 e. The number of carbonyl (C=O) groups is 1. The fourth-order valence-corrected chi connectivity index (χ4v) is 0.344. The molecule has 0 aliphatic rings. The molecule has 0 aliphatic heterocycles. The van der Waals surface area contributed by atoms with Crippen LogP contribution in [0, 0.1) is 0 Å². The number of rotatable bonds is 3. The van der Waals surface area contributed by atoms with Gasteiger partial charge in [-0.3, -0.25) is 4.79 Å². The summed E-state index contributed by atoms with van der Waals surface area (Å²) in [5, 5.41) is 16.6. The van der Waals surface area contributed by atoms with Gasteiger partial charge in [-0.15, -0.1) is 10.0 Å². The summed E-state index contributed by atoms with van der Waals surface area (Å²) in [7, 11) is 0. The molecule has 0 aromatic carbocycles. The van der Waals surface area contributed by atoms with E-state index in [9.17, 15) is 9.28 Å². The second-order valence-corrected chi connectivity index (χ2v) is 1.67. The Balaban J connectivity index is 3.83. The van der Waals surface area contributed by atoms with Gasteiger partial charge in [0.25, 0.3) is 0 Å². The maximum absolute atomic E-state index is 11.4. The molecule has 54 valence electrons. The summed E-state index contributed by atoms with van der Waals surface area (Å²) >= 11 is 0. The van der Waals surface area contributed by atoms with Gasteiger partial charge < -0.3 is 10.2 Å². The van der Waals surface area contributed by atoms with Crippen molar-refractivity contribution in [3.8, 4) is 0 Å². The number of halogens is 1. The van der Waals surface area contributed by atoms with Crippen molar-refractivity contribution in [3.05, 3.63) is 0 Å². The molecule has 0 saturated heterocycles. The van der Waals surface area contributed by atoms with Crippen molar-refractivity contribution in [3.63, 3.8) is 0 Å². The minimum absolute atomic E-state index is 0.951. The summed E-state index contributed by atoms with van der Waals surface area (Å²) in [6.45, 7) is 1.19. The third-order valence-corrected chi connectivity index (χ3v) is 0.866. The summed E-state index contributed by atoms with van der Waals surface area (Å²) in [4.78, 5) is 9.91. The zero-order valence-electron chi connectivity index (χ0n) is 4.84. The summed E-state index contributed by atoms with van der Waals surface area (Å²) < 4.78 is 11.4. The Labute approximate surface area is 51.2 Å². The van der Waals surface area contributed by atoms with Crippen LogP contribution in [0.15, 0.2) is 0 Å². The van der Waals surface area contributed by atoms with E-state index in [1.165, 1.54) is 6.92 Å². The lowest BCUT2D eigenvalue weighted by atomic mass is 10.2. The summed E-state index contributed by atoms with van der Waals surface area (Å²) in [5.74, 6) is -1.41. The largest absolute Gasteiger partial charge is 0.480 e. The average Bonchev–Trinajstić information content (AvgIpc) is 1.64. The lowest BCUT2D eigenvalue weighted by Gasteiger charge is -2.09. The number of carboxylic acid groups (broad SMARTS) is 1. The second kappa shape index (κ2) is 3.37. The van der Waals surface area contributed by atoms with Gasteiger partial charge >= 0.3 is 5.97 Å². The van der Waals surface area contributed by atoms with Crippen molar-refractivity contribution in [1.82, 2.24) is 5.54 Å². The minimum Gasteiger partial charge on any atom is -0.480 e. The molecule has 4 nitrogen and oxygen atoms in total. The second-order valence-electron chi connectivity index (χ2n) is 1.67. The Morgan fingerprint density at radius 2 is 2.22 bits per heavy atom. The number of hydrogen-bond acceptors (Lipinski definition) is 3. The van der Waals surface area contributed by atoms with Crippen molar-refractivity contribution < 1.29 is 19.5 Å². The third kappa shape index (κ3) is 2.39. The van der Waals surface area contributed by atoms with Gasteiger partial charge in [0.1, 0.15) is 0 Å². The highest BCUT2D eigenvalue weighted by atomic mass is 19.2. The standard InChI is InChI=1S/C4H8FNO3/c1-2(7)3(6-5)4(8)9/h2-3,6-7H,1H3,(H,8,9)/t2-,3+/m1/s1. The highest BCUT2D eigenvalue weighted by Gasteiger charge is 2.21. The van der Waals surface area contributed by atoms with Crippen LogP contribution < -0.4 is 5.54 Å². The molecule has 0 heterocycles. The topological polar surface area (TPSA) is 69.6 Å². The first-order valence-electron chi connectivity index (χ1n) is 2.36. The number of hydrogen-bond donors (Lipinski definition) is 3. The maximum Gasteiger partial charge on any atom is 0.326 e. The summed E-state index contributed by atoms with van der Waals surface area (Å²) in [6.07, 6.45) is -1.23. The van der Waals surface area contributed by atoms with Gasteiger partial charge in [0, 0.05) is 0 Å². The Morgan fingerprint density at radius 3 is 2.22 bits per heavy atom. The van der Waals surface area contributed by atoms with E-state index in [-0.39, 0.29) is 0 Å². The Kier molecular flexibility index (Phi) is 3.11. The molecule has 0 bridgehead atoms. The molecule has 0 aromatic rings. The van der Waals surface area contributed by atoms with Crippen LogP contribution >= 0.6 is 0 Å². The number of aliphatic carboxylic acids is 1. The molecule has 0 spiro atoms. The third-order valence-electron chi connectivity index (χ3n) is 0.866. The average molecular weight is 137 g/mol. The minimum atomic E-state index is -1.52. The molecule has 9 heavy (non-hydrogen) atoms. The van der Waals surface area contributed by atoms with Crippen LogP contribution in [-0.4, -0.2) is 28.3 Å². The van der Waals surface area contributed by atoms with Crippen molar-refractivity contribution in [1.29, 1.82) is 0 Å². The molecule has 0 amide bonds. The van der Waals surface area contributed by atoms with Gasteiger partial charge in [-0.1, -0.05) is 0 Å². The van der Waals surface area contributed by atoms with Crippen LogP contribution in [0.2, 0.25) is 0 Å². The molecule has 0 unspecified atom stereocenters. The molecule has 5 heteroatoms. The van der Waals surface area contributed by atoms with Crippen LogP contribution in [-0.2, 0) is 4.79 Å². The first-order valence-corrected chi connectivity index (χ1v) is 2.36. The van der Waals surface area contributed by atoms with Crippen LogP contribution in [0.4, 0.5) is 4.48 Å². The summed E-state index contributed by atoms with van der Waals surface area (Å²) in [6, 6.07) is -1.52. The zero-order chi connectivity index (χ0) is 7.44. The van der Waals surface area contributed by atoms with E-state index in [2.05, 4.69) is 0 Å². The normalized spacial score (nSPS) is 16.8. The van der Waals surface area contributed by atoms with Crippen LogP contribution in [0.3, 0.4) is 0 Å². The molecule has 0 aliphatic carbocycles. The number of carboxylic acids is 1. The molecular formula is C4H8FNO3. The van der Waals surface area contributed by atoms with E-state index in [1.807, 2.05) is 0 Å². The number of nitrogens with one attached hydrogen (secondary N) is 1. The zero-order valence-corrected chi connectivity index (χ0v) is 4.84. The van der Waals surface area contributed by atoms with E-state index in [0.29, 0.717) is 0 Å². The predicted octanol–water partition coefficient (Wildman–Crippen LogP) is -0.706. The van der Waals surface area contributed by atoms with Crippen molar-refractivity contribution in [2.75, 3.05) is 0 Å². The van der Waals surface area contributed by atoms with Crippen molar-refractivity contribution >= 4 is 5.97 Å². The molecule has 0 aromatic heterocycles. The number of aliphatic hydroxyl groups is 1. The van der Waals surface area contributed by atoms with Gasteiger partial charge in [-0.05, 0) is 6.92 Å². The molecule has 0 fully saturated rings. The van der Waals surface area contributed by atoms with Crippen molar-refractivity contribution in [2.45, 2.75) is 19.1 Å². The fraction of sp³-hybridized carbons (Fsp3) is 0.750. The maximum atomic E-state index is 11.4. The molecule has 0 radical (unpaired) electrons. The van der Waals surface area contributed by atoms with E-state index in [4.69, 9.17) is 10.2 Å². The molecule has 2 atom stereocenters. The molecule has 0 rings (SSSR count). The SMILES string of the molecule is C[C@@H](O)[C@H](NF)C(=O)O.